The van der Waals surface area contributed by atoms with Gasteiger partial charge in [0.15, 0.2) is 11.6 Å². The molecule has 0 aromatic heterocycles. The van der Waals surface area contributed by atoms with Gasteiger partial charge in [-0.3, -0.25) is 9.59 Å². The number of ether oxygens (including phenoxy) is 1. The fraction of sp³-hybridized carbons (Fsp3) is 0.480. The summed E-state index contributed by atoms with van der Waals surface area (Å²) in [6.07, 6.45) is 2.21. The molecular formula is C25H29NO5. The van der Waals surface area contributed by atoms with Crippen LogP contribution in [-0.2, 0) is 9.59 Å². The first-order valence-electron chi connectivity index (χ1n) is 10.6. The zero-order valence-corrected chi connectivity index (χ0v) is 18.7. The van der Waals surface area contributed by atoms with Crippen molar-refractivity contribution < 1.29 is 24.2 Å². The normalized spacial score (nSPS) is 22.6. The largest absolute Gasteiger partial charge is 0.496 e. The van der Waals surface area contributed by atoms with Gasteiger partial charge < -0.3 is 15.2 Å². The van der Waals surface area contributed by atoms with Crippen LogP contribution >= 0.6 is 0 Å². The van der Waals surface area contributed by atoms with E-state index < -0.39 is 11.9 Å². The lowest BCUT2D eigenvalue weighted by molar-refractivity contribution is -0.119. The number of hydrogen-bond donors (Lipinski definition) is 2. The van der Waals surface area contributed by atoms with Crippen molar-refractivity contribution in [2.24, 2.45) is 10.8 Å². The smallest absolute Gasteiger partial charge is 0.339 e. The summed E-state index contributed by atoms with van der Waals surface area (Å²) in [6, 6.07) is 4.93. The molecule has 0 saturated heterocycles. The van der Waals surface area contributed by atoms with Crippen molar-refractivity contribution in [3.8, 4) is 5.75 Å². The van der Waals surface area contributed by atoms with Crippen LogP contribution in [0.1, 0.15) is 75.2 Å². The molecule has 3 aliphatic rings. The van der Waals surface area contributed by atoms with Gasteiger partial charge in [-0.05, 0) is 41.4 Å². The quantitative estimate of drug-likeness (QED) is 0.750. The highest BCUT2D eigenvalue weighted by Gasteiger charge is 2.46. The van der Waals surface area contributed by atoms with Crippen LogP contribution in [0.3, 0.4) is 0 Å². The molecule has 6 heteroatoms. The summed E-state index contributed by atoms with van der Waals surface area (Å²) >= 11 is 0. The van der Waals surface area contributed by atoms with Crippen LogP contribution < -0.4 is 10.1 Å². The predicted molar refractivity (Wildman–Crippen MR) is 116 cm³/mol. The molecule has 2 aliphatic carbocycles. The number of dihydropyridines is 1. The second-order valence-electron chi connectivity index (χ2n) is 10.5. The maximum atomic E-state index is 13.3. The number of nitrogens with one attached hydrogen (secondary N) is 1. The number of carboxylic acids is 1. The molecule has 0 unspecified atom stereocenters. The van der Waals surface area contributed by atoms with E-state index in [-0.39, 0.29) is 33.7 Å². The Kier molecular flexibility index (Phi) is 4.87. The highest BCUT2D eigenvalue weighted by molar-refractivity contribution is 6.07. The third-order valence-corrected chi connectivity index (χ3v) is 6.51. The van der Waals surface area contributed by atoms with Crippen LogP contribution in [-0.4, -0.2) is 29.8 Å². The van der Waals surface area contributed by atoms with Crippen molar-refractivity contribution in [1.29, 1.82) is 0 Å². The Morgan fingerprint density at radius 1 is 0.968 bits per heavy atom. The Balaban J connectivity index is 1.94. The van der Waals surface area contributed by atoms with E-state index in [9.17, 15) is 19.5 Å². The minimum absolute atomic E-state index is 0.0145. The molecule has 1 aromatic carbocycles. The van der Waals surface area contributed by atoms with Crippen LogP contribution in [0, 0.1) is 10.8 Å². The van der Waals surface area contributed by atoms with Gasteiger partial charge in [0, 0.05) is 41.3 Å². The topological polar surface area (TPSA) is 92.7 Å². The lowest BCUT2D eigenvalue weighted by Gasteiger charge is -2.44. The van der Waals surface area contributed by atoms with Crippen LogP contribution in [0.2, 0.25) is 0 Å². The SMILES string of the molecule is COc1ccc(C2C3=C(CC(C)(C)CC3=O)NC3=C2C(=O)CC(C)(C)C3)cc1C(=O)O. The minimum atomic E-state index is -1.11. The molecular weight excluding hydrogens is 394 g/mol. The van der Waals surface area contributed by atoms with Crippen molar-refractivity contribution in [3.05, 3.63) is 51.9 Å². The number of carboxylic acid groups (broad SMARTS) is 1. The van der Waals surface area contributed by atoms with Crippen LogP contribution in [0.15, 0.2) is 40.7 Å². The fourth-order valence-electron chi connectivity index (χ4n) is 5.29. The summed E-state index contributed by atoms with van der Waals surface area (Å²) in [5.41, 5.74) is 3.25. The molecule has 31 heavy (non-hydrogen) atoms. The first-order chi connectivity index (χ1) is 14.4. The number of rotatable bonds is 3. The lowest BCUT2D eigenvalue weighted by atomic mass is 9.64. The van der Waals surface area contributed by atoms with Gasteiger partial charge in [0.1, 0.15) is 11.3 Å². The summed E-state index contributed by atoms with van der Waals surface area (Å²) in [5.74, 6) is -1.38. The van der Waals surface area contributed by atoms with Gasteiger partial charge in [-0.2, -0.15) is 0 Å². The molecule has 1 aliphatic heterocycles. The van der Waals surface area contributed by atoms with E-state index in [1.807, 2.05) is 0 Å². The Bertz CT molecular complexity index is 1020. The molecule has 2 N–H and O–H groups in total. The van der Waals surface area contributed by atoms with Crippen LogP contribution in [0.5, 0.6) is 5.75 Å². The second-order valence-corrected chi connectivity index (χ2v) is 10.5. The van der Waals surface area contributed by atoms with E-state index >= 15 is 0 Å². The highest BCUT2D eigenvalue weighted by atomic mass is 16.5. The molecule has 1 aromatic rings. The number of carbonyl (C=O) groups excluding carboxylic acids is 2. The summed E-state index contributed by atoms with van der Waals surface area (Å²) in [5, 5.41) is 13.1. The van der Waals surface area contributed by atoms with E-state index in [4.69, 9.17) is 4.74 Å². The Hall–Kier alpha value is -2.89. The van der Waals surface area contributed by atoms with E-state index in [2.05, 4.69) is 33.0 Å². The zero-order valence-electron chi connectivity index (χ0n) is 18.7. The molecule has 0 spiro atoms. The maximum Gasteiger partial charge on any atom is 0.339 e. The van der Waals surface area contributed by atoms with Crippen LogP contribution in [0.25, 0.3) is 0 Å². The third-order valence-electron chi connectivity index (χ3n) is 6.51. The average molecular weight is 424 g/mol. The first-order valence-corrected chi connectivity index (χ1v) is 10.6. The van der Waals surface area contributed by atoms with E-state index in [0.717, 1.165) is 11.4 Å². The molecule has 0 fully saturated rings. The van der Waals surface area contributed by atoms with E-state index in [0.29, 0.717) is 42.4 Å². The van der Waals surface area contributed by atoms with Gasteiger partial charge in [0.05, 0.1) is 7.11 Å². The van der Waals surface area contributed by atoms with Gasteiger partial charge in [-0.25, -0.2) is 4.79 Å². The second kappa shape index (κ2) is 7.08. The molecule has 0 amide bonds. The molecule has 6 nitrogen and oxygen atoms in total. The fourth-order valence-corrected chi connectivity index (χ4v) is 5.29. The number of benzene rings is 1. The average Bonchev–Trinajstić information content (AvgIpc) is 2.63. The van der Waals surface area contributed by atoms with E-state index in [1.54, 1.807) is 18.2 Å². The monoisotopic (exact) mass is 423 g/mol. The summed E-state index contributed by atoms with van der Waals surface area (Å²) in [7, 11) is 1.42. The van der Waals surface area contributed by atoms with E-state index in [1.165, 1.54) is 7.11 Å². The number of methoxy groups -OCH3 is 1. The van der Waals surface area contributed by atoms with Gasteiger partial charge in [-0.15, -0.1) is 0 Å². The molecule has 1 heterocycles. The lowest BCUT2D eigenvalue weighted by Crippen LogP contribution is -2.42. The van der Waals surface area contributed by atoms with Gasteiger partial charge >= 0.3 is 5.97 Å². The number of Topliss-reactive ketones (excluding diaryl/α,β-unsaturated/α-hetero) is 2. The molecule has 0 atom stereocenters. The maximum absolute atomic E-state index is 13.3. The van der Waals surface area contributed by atoms with Crippen LogP contribution in [0.4, 0.5) is 0 Å². The molecule has 0 radical (unpaired) electrons. The van der Waals surface area contributed by atoms with Gasteiger partial charge in [0.25, 0.3) is 0 Å². The van der Waals surface area contributed by atoms with Crippen molar-refractivity contribution >= 4 is 17.5 Å². The predicted octanol–water partition coefficient (Wildman–Crippen LogP) is 4.37. The summed E-state index contributed by atoms with van der Waals surface area (Å²) < 4.78 is 5.21. The third kappa shape index (κ3) is 3.68. The number of allylic oxidation sites excluding steroid dienone is 4. The van der Waals surface area contributed by atoms with Crippen molar-refractivity contribution in [2.75, 3.05) is 7.11 Å². The number of carbonyl (C=O) groups is 3. The van der Waals surface area contributed by atoms with Gasteiger partial charge in [-0.1, -0.05) is 33.8 Å². The minimum Gasteiger partial charge on any atom is -0.496 e. The molecule has 4 rings (SSSR count). The Morgan fingerprint density at radius 3 is 1.94 bits per heavy atom. The standard InChI is InChI=1S/C25H29NO5/c1-24(2)9-15-21(17(27)11-24)20(13-6-7-19(31-5)14(8-13)23(29)30)22-16(26-15)10-25(3,4)12-18(22)28/h6-8,20,26H,9-12H2,1-5H3,(H,29,30). The first kappa shape index (κ1) is 21.3. The number of aromatic carboxylic acids is 1. The summed E-state index contributed by atoms with van der Waals surface area (Å²) in [4.78, 5) is 38.4. The number of ketones is 2. The number of hydrogen-bond acceptors (Lipinski definition) is 5. The highest BCUT2D eigenvalue weighted by Crippen LogP contribution is 2.51. The zero-order chi connectivity index (χ0) is 22.7. The van der Waals surface area contributed by atoms with Crippen molar-refractivity contribution in [2.45, 2.75) is 59.3 Å². The summed E-state index contributed by atoms with van der Waals surface area (Å²) in [6.45, 7) is 8.28. The molecule has 0 saturated carbocycles. The molecule has 0 bridgehead atoms. The Morgan fingerprint density at radius 2 is 1.48 bits per heavy atom. The van der Waals surface area contributed by atoms with Crippen molar-refractivity contribution in [3.63, 3.8) is 0 Å². The van der Waals surface area contributed by atoms with Crippen molar-refractivity contribution in [1.82, 2.24) is 5.32 Å². The molecule has 164 valence electrons. The van der Waals surface area contributed by atoms with Gasteiger partial charge in [0.2, 0.25) is 0 Å². The Labute approximate surface area is 182 Å².